The highest BCUT2D eigenvalue weighted by Crippen LogP contribution is 2.13. The van der Waals surface area contributed by atoms with Gasteiger partial charge in [-0.15, -0.1) is 0 Å². The van der Waals surface area contributed by atoms with Crippen LogP contribution in [0.4, 0.5) is 4.39 Å². The molecular formula is C11H11ClFN3. The molecule has 3 nitrogen and oxygen atoms in total. The van der Waals surface area contributed by atoms with Crippen LogP contribution in [0.5, 0.6) is 0 Å². The van der Waals surface area contributed by atoms with Crippen molar-refractivity contribution >= 4 is 11.6 Å². The monoisotopic (exact) mass is 239 g/mol. The number of hydrogen-bond donors (Lipinski definition) is 1. The zero-order valence-electron chi connectivity index (χ0n) is 8.53. The molecule has 84 valence electrons. The lowest BCUT2D eigenvalue weighted by Gasteiger charge is -2.05. The van der Waals surface area contributed by atoms with Crippen LogP contribution in [-0.4, -0.2) is 9.78 Å². The Morgan fingerprint density at radius 3 is 2.81 bits per heavy atom. The summed E-state index contributed by atoms with van der Waals surface area (Å²) in [5.74, 6) is -0.269. The Bertz CT molecular complexity index is 496. The highest BCUT2D eigenvalue weighted by Gasteiger charge is 2.04. The molecule has 2 rings (SSSR count). The molecule has 0 saturated heterocycles. The van der Waals surface area contributed by atoms with Crippen molar-refractivity contribution in [1.82, 2.24) is 9.78 Å². The Kier molecular flexibility index (Phi) is 3.22. The summed E-state index contributed by atoms with van der Waals surface area (Å²) in [5, 5.41) is 4.53. The minimum atomic E-state index is -0.269. The summed E-state index contributed by atoms with van der Waals surface area (Å²) >= 11 is 5.72. The molecule has 0 aliphatic heterocycles. The van der Waals surface area contributed by atoms with Crippen molar-refractivity contribution in [2.24, 2.45) is 5.73 Å². The molecule has 0 unspecified atom stereocenters. The standard InChI is InChI=1S/C11H11ClFN3/c12-10-5-15-16(7-10)6-9-2-1-8(4-14)3-11(9)13/h1-3,5,7H,4,6,14H2. The molecule has 1 aromatic carbocycles. The molecule has 0 atom stereocenters. The minimum absolute atomic E-state index is 0.269. The molecule has 1 heterocycles. The highest BCUT2D eigenvalue weighted by molar-refractivity contribution is 6.30. The fourth-order valence-corrected chi connectivity index (χ4v) is 1.60. The van der Waals surface area contributed by atoms with Gasteiger partial charge in [-0.3, -0.25) is 4.68 Å². The van der Waals surface area contributed by atoms with Crippen LogP contribution in [0.3, 0.4) is 0 Å². The molecule has 16 heavy (non-hydrogen) atoms. The number of nitrogens with zero attached hydrogens (tertiary/aromatic N) is 2. The van der Waals surface area contributed by atoms with Gasteiger partial charge >= 0.3 is 0 Å². The second kappa shape index (κ2) is 4.63. The van der Waals surface area contributed by atoms with Gasteiger partial charge in [-0.05, 0) is 11.6 Å². The number of aromatic nitrogens is 2. The van der Waals surface area contributed by atoms with E-state index in [0.29, 0.717) is 23.7 Å². The summed E-state index contributed by atoms with van der Waals surface area (Å²) in [6.45, 7) is 0.703. The van der Waals surface area contributed by atoms with Crippen molar-refractivity contribution in [3.8, 4) is 0 Å². The molecule has 0 bridgehead atoms. The van der Waals surface area contributed by atoms with Gasteiger partial charge in [0.2, 0.25) is 0 Å². The van der Waals surface area contributed by atoms with E-state index >= 15 is 0 Å². The minimum Gasteiger partial charge on any atom is -0.326 e. The molecule has 0 fully saturated rings. The molecule has 0 radical (unpaired) electrons. The van der Waals surface area contributed by atoms with Crippen LogP contribution in [0.25, 0.3) is 0 Å². The first-order chi connectivity index (χ1) is 7.69. The summed E-state index contributed by atoms with van der Waals surface area (Å²) in [6.07, 6.45) is 3.17. The van der Waals surface area contributed by atoms with E-state index in [0.717, 1.165) is 5.56 Å². The molecule has 0 aliphatic rings. The maximum absolute atomic E-state index is 13.6. The van der Waals surface area contributed by atoms with E-state index in [2.05, 4.69) is 5.10 Å². The number of benzene rings is 1. The third kappa shape index (κ3) is 2.40. The van der Waals surface area contributed by atoms with Gasteiger partial charge < -0.3 is 5.73 Å². The summed E-state index contributed by atoms with van der Waals surface area (Å²) < 4.78 is 15.2. The molecule has 5 heteroatoms. The topological polar surface area (TPSA) is 43.8 Å². The van der Waals surface area contributed by atoms with Crippen molar-refractivity contribution in [2.75, 3.05) is 0 Å². The molecule has 0 amide bonds. The van der Waals surface area contributed by atoms with Crippen molar-refractivity contribution in [3.63, 3.8) is 0 Å². The Labute approximate surface area is 97.6 Å². The van der Waals surface area contributed by atoms with Gasteiger partial charge in [-0.1, -0.05) is 23.7 Å². The largest absolute Gasteiger partial charge is 0.326 e. The van der Waals surface area contributed by atoms with Crippen LogP contribution >= 0.6 is 11.6 Å². The van der Waals surface area contributed by atoms with Gasteiger partial charge in [-0.2, -0.15) is 5.10 Å². The molecule has 0 saturated carbocycles. The second-order valence-corrected chi connectivity index (χ2v) is 3.92. The lowest BCUT2D eigenvalue weighted by Crippen LogP contribution is -2.04. The smallest absolute Gasteiger partial charge is 0.128 e. The number of rotatable bonds is 3. The zero-order chi connectivity index (χ0) is 11.5. The lowest BCUT2D eigenvalue weighted by atomic mass is 10.1. The molecule has 2 N–H and O–H groups in total. The van der Waals surface area contributed by atoms with Crippen LogP contribution in [0.15, 0.2) is 30.6 Å². The summed E-state index contributed by atoms with van der Waals surface area (Å²) in [6, 6.07) is 4.97. The van der Waals surface area contributed by atoms with Crippen molar-refractivity contribution < 1.29 is 4.39 Å². The van der Waals surface area contributed by atoms with Crippen molar-refractivity contribution in [2.45, 2.75) is 13.1 Å². The van der Waals surface area contributed by atoms with Crippen LogP contribution in [0.1, 0.15) is 11.1 Å². The first-order valence-electron chi connectivity index (χ1n) is 4.84. The number of halogens is 2. The first-order valence-corrected chi connectivity index (χ1v) is 5.22. The molecular weight excluding hydrogens is 229 g/mol. The predicted molar refractivity (Wildman–Crippen MR) is 60.6 cm³/mol. The van der Waals surface area contributed by atoms with Gasteiger partial charge in [0.05, 0.1) is 17.8 Å². The van der Waals surface area contributed by atoms with E-state index < -0.39 is 0 Å². The van der Waals surface area contributed by atoms with Crippen LogP contribution in [0, 0.1) is 5.82 Å². The van der Waals surface area contributed by atoms with Gasteiger partial charge in [0.25, 0.3) is 0 Å². The summed E-state index contributed by atoms with van der Waals surface area (Å²) in [4.78, 5) is 0. The van der Waals surface area contributed by atoms with Crippen LogP contribution in [-0.2, 0) is 13.1 Å². The third-order valence-electron chi connectivity index (χ3n) is 2.29. The molecule has 2 aromatic rings. The Morgan fingerprint density at radius 1 is 1.44 bits per heavy atom. The SMILES string of the molecule is NCc1ccc(Cn2cc(Cl)cn2)c(F)c1. The van der Waals surface area contributed by atoms with Gasteiger partial charge in [0.15, 0.2) is 0 Å². The van der Waals surface area contributed by atoms with E-state index in [4.69, 9.17) is 17.3 Å². The van der Waals surface area contributed by atoms with E-state index in [9.17, 15) is 4.39 Å². The number of hydrogen-bond acceptors (Lipinski definition) is 2. The fourth-order valence-electron chi connectivity index (χ4n) is 1.45. The molecule has 1 aromatic heterocycles. The normalized spacial score (nSPS) is 10.7. The highest BCUT2D eigenvalue weighted by atomic mass is 35.5. The Balaban J connectivity index is 2.21. The van der Waals surface area contributed by atoms with Gasteiger partial charge in [-0.25, -0.2) is 4.39 Å². The predicted octanol–water partition coefficient (Wildman–Crippen LogP) is 2.18. The fraction of sp³-hybridized carbons (Fsp3) is 0.182. The first kappa shape index (κ1) is 11.1. The molecule has 0 spiro atoms. The second-order valence-electron chi connectivity index (χ2n) is 3.49. The van der Waals surface area contributed by atoms with E-state index in [1.165, 1.54) is 12.3 Å². The Morgan fingerprint density at radius 2 is 2.25 bits per heavy atom. The van der Waals surface area contributed by atoms with Crippen molar-refractivity contribution in [3.05, 3.63) is 52.6 Å². The maximum atomic E-state index is 13.6. The lowest BCUT2D eigenvalue weighted by molar-refractivity contribution is 0.583. The van der Waals surface area contributed by atoms with E-state index in [1.807, 2.05) is 6.07 Å². The average Bonchev–Trinajstić information content (AvgIpc) is 2.67. The van der Waals surface area contributed by atoms with Crippen molar-refractivity contribution in [1.29, 1.82) is 0 Å². The van der Waals surface area contributed by atoms with Gasteiger partial charge in [0.1, 0.15) is 5.82 Å². The third-order valence-corrected chi connectivity index (χ3v) is 2.48. The average molecular weight is 240 g/mol. The van der Waals surface area contributed by atoms with Crippen LogP contribution in [0.2, 0.25) is 5.02 Å². The number of nitrogens with two attached hydrogens (primary N) is 1. The van der Waals surface area contributed by atoms with Gasteiger partial charge in [0, 0.05) is 18.3 Å². The Hall–Kier alpha value is -1.39. The molecule has 0 aliphatic carbocycles. The summed E-state index contributed by atoms with van der Waals surface area (Å²) in [5.41, 5.74) is 6.77. The zero-order valence-corrected chi connectivity index (χ0v) is 9.28. The quantitative estimate of drug-likeness (QED) is 0.892. The van der Waals surface area contributed by atoms with Crippen LogP contribution < -0.4 is 5.73 Å². The summed E-state index contributed by atoms with van der Waals surface area (Å²) in [7, 11) is 0. The maximum Gasteiger partial charge on any atom is 0.128 e. The van der Waals surface area contributed by atoms with E-state index in [-0.39, 0.29) is 5.82 Å². The van der Waals surface area contributed by atoms with E-state index in [1.54, 1.807) is 16.9 Å².